The molecule has 12 heteroatoms. The van der Waals surface area contributed by atoms with E-state index in [9.17, 15) is 0 Å². The maximum absolute atomic E-state index is 5.90. The van der Waals surface area contributed by atoms with Crippen LogP contribution in [-0.2, 0) is 47.7 Å². The molecule has 6 heterocycles. The first-order valence-corrected chi connectivity index (χ1v) is 24.1. The van der Waals surface area contributed by atoms with Gasteiger partial charge in [-0.3, -0.25) is 0 Å². The van der Waals surface area contributed by atoms with Gasteiger partial charge >= 0.3 is 0 Å². The molecule has 0 N–H and O–H groups in total. The Bertz CT molecular complexity index is 2380. The average Bonchev–Trinajstić information content (AvgIpc) is 4.17. The lowest BCUT2D eigenvalue weighted by Crippen LogP contribution is -2.08. The molecule has 12 rings (SSSR count). The van der Waals surface area contributed by atoms with Crippen LogP contribution in [0.25, 0.3) is 0 Å². The Labute approximate surface area is 404 Å². The summed E-state index contributed by atoms with van der Waals surface area (Å²) in [5, 5.41) is 0. The molecule has 6 aliphatic heterocycles. The minimum atomic E-state index is 0.261. The molecule has 6 atom stereocenters. The van der Waals surface area contributed by atoms with Gasteiger partial charge in [-0.15, -0.1) is 0 Å². The second-order valence-corrected chi connectivity index (χ2v) is 17.9. The molecule has 0 saturated carbocycles. The summed E-state index contributed by atoms with van der Waals surface area (Å²) in [5.74, 6) is 5.46. The van der Waals surface area contributed by atoms with Crippen LogP contribution in [-0.4, -0.2) is 116 Å². The second-order valence-electron chi connectivity index (χ2n) is 17.9. The third-order valence-corrected chi connectivity index (χ3v) is 11.9. The summed E-state index contributed by atoms with van der Waals surface area (Å²) < 4.78 is 65.7. The van der Waals surface area contributed by atoms with E-state index in [4.69, 9.17) is 56.8 Å². The number of epoxide rings is 6. The topological polar surface area (TPSA) is 131 Å². The fourth-order valence-electron chi connectivity index (χ4n) is 7.24. The van der Waals surface area contributed by atoms with Crippen molar-refractivity contribution in [3.63, 3.8) is 0 Å². The molecule has 6 unspecified atom stereocenters. The molecular weight excluding hydrogens is 877 g/mol. The highest BCUT2D eigenvalue weighted by molar-refractivity contribution is 5.43. The third-order valence-electron chi connectivity index (χ3n) is 11.9. The van der Waals surface area contributed by atoms with Crippen molar-refractivity contribution in [2.24, 2.45) is 0 Å². The van der Waals surface area contributed by atoms with E-state index in [0.717, 1.165) is 105 Å². The van der Waals surface area contributed by atoms with Gasteiger partial charge in [-0.2, -0.15) is 0 Å². The Hall–Kier alpha value is -6.12. The summed E-state index contributed by atoms with van der Waals surface area (Å²) in [6.07, 6.45) is 4.19. The van der Waals surface area contributed by atoms with Crippen molar-refractivity contribution in [2.75, 3.05) is 79.3 Å². The number of rotatable bonds is 24. The van der Waals surface area contributed by atoms with Crippen LogP contribution in [0.2, 0.25) is 0 Å². The highest BCUT2D eigenvalue weighted by atomic mass is 16.6. The lowest BCUT2D eigenvalue weighted by Gasteiger charge is -2.13. The first-order valence-electron chi connectivity index (χ1n) is 24.1. The van der Waals surface area contributed by atoms with Crippen LogP contribution in [0.4, 0.5) is 0 Å². The molecule has 6 saturated heterocycles. The average molecular weight is 937 g/mol. The molecule has 360 valence electrons. The monoisotopic (exact) mass is 936 g/mol. The zero-order chi connectivity index (χ0) is 46.5. The molecule has 0 amide bonds. The minimum Gasteiger partial charge on any atom is -0.491 e. The summed E-state index contributed by atoms with van der Waals surface area (Å²) in [7, 11) is 0. The third kappa shape index (κ3) is 16.2. The van der Waals surface area contributed by atoms with Crippen LogP contribution in [0.15, 0.2) is 146 Å². The molecule has 69 heavy (non-hydrogen) atoms. The van der Waals surface area contributed by atoms with Gasteiger partial charge in [-0.1, -0.05) is 91.0 Å². The first-order chi connectivity index (χ1) is 34.1. The summed E-state index contributed by atoms with van der Waals surface area (Å²) >= 11 is 0. The van der Waals surface area contributed by atoms with E-state index in [-0.39, 0.29) is 24.4 Å². The fraction of sp³-hybridized carbons (Fsp3) is 0.368. The summed E-state index contributed by atoms with van der Waals surface area (Å²) in [6.45, 7) is 8.70. The quantitative estimate of drug-likeness (QED) is 0.0540. The maximum Gasteiger partial charge on any atom is 0.122 e. The smallest absolute Gasteiger partial charge is 0.122 e. The van der Waals surface area contributed by atoms with Crippen molar-refractivity contribution in [3.05, 3.63) is 179 Å². The van der Waals surface area contributed by atoms with E-state index in [1.54, 1.807) is 0 Å². The molecule has 0 spiro atoms. The Balaban J connectivity index is 0.000000120. The van der Waals surface area contributed by atoms with E-state index >= 15 is 0 Å². The van der Waals surface area contributed by atoms with Crippen LogP contribution in [0, 0.1) is 0 Å². The summed E-state index contributed by atoms with van der Waals surface area (Å²) in [5.41, 5.74) is 7.27. The highest BCUT2D eigenvalue weighted by Crippen LogP contribution is 2.29. The predicted octanol–water partition coefficient (Wildman–Crippen LogP) is 8.50. The van der Waals surface area contributed by atoms with E-state index in [1.807, 2.05) is 91.0 Å². The fourth-order valence-corrected chi connectivity index (χ4v) is 7.24. The van der Waals surface area contributed by atoms with Gasteiger partial charge in [0.1, 0.15) is 111 Å². The van der Waals surface area contributed by atoms with E-state index in [2.05, 4.69) is 54.6 Å². The summed E-state index contributed by atoms with van der Waals surface area (Å²) in [4.78, 5) is 0. The van der Waals surface area contributed by atoms with E-state index in [0.29, 0.717) is 51.8 Å². The van der Waals surface area contributed by atoms with Crippen molar-refractivity contribution in [3.8, 4) is 34.5 Å². The molecule has 6 fully saturated rings. The van der Waals surface area contributed by atoms with Crippen molar-refractivity contribution in [1.29, 1.82) is 0 Å². The number of para-hydroxylation sites is 3. The lowest BCUT2D eigenvalue weighted by atomic mass is 10.0. The molecule has 6 aromatic rings. The maximum atomic E-state index is 5.90. The first kappa shape index (κ1) is 46.6. The largest absolute Gasteiger partial charge is 0.491 e. The normalized spacial score (nSPS) is 21.7. The van der Waals surface area contributed by atoms with Crippen molar-refractivity contribution in [2.45, 2.75) is 55.9 Å². The van der Waals surface area contributed by atoms with Gasteiger partial charge in [-0.05, 0) is 94.4 Å². The van der Waals surface area contributed by atoms with Crippen molar-refractivity contribution >= 4 is 0 Å². The van der Waals surface area contributed by atoms with E-state index in [1.165, 1.54) is 22.3 Å². The zero-order valence-corrected chi connectivity index (χ0v) is 38.8. The summed E-state index contributed by atoms with van der Waals surface area (Å²) in [6, 6.07) is 49.2. The minimum absolute atomic E-state index is 0.261. The number of ether oxygens (including phenoxy) is 12. The Morgan fingerprint density at radius 3 is 0.812 bits per heavy atom. The van der Waals surface area contributed by atoms with Gasteiger partial charge in [-0.25, -0.2) is 0 Å². The standard InChI is InChI=1S/3C19H20O4/c1-5-16(20-10-18-12-22-18)6-2-14(1)9-15-3-7-17(8-4-15)21-11-19-13-23-19;1-3-7-18(22-12-16-10-20-16)14(5-1)9-15-6-2-4-8-19(15)23-13-17-11-21-17;1-2-4-19(23-13-18-12-22-18)15(3-1)9-14-5-7-16(8-6-14)20-10-17-11-21-17/h1-8,18-19H,9-13H2;1-8,16-17H,9-13H2;1-8,17-18H,9-13H2. The van der Waals surface area contributed by atoms with Crippen molar-refractivity contribution in [1.82, 2.24) is 0 Å². The Kier molecular flexibility index (Phi) is 15.8. The van der Waals surface area contributed by atoms with Crippen LogP contribution < -0.4 is 28.4 Å². The predicted molar refractivity (Wildman–Crippen MR) is 258 cm³/mol. The van der Waals surface area contributed by atoms with Crippen molar-refractivity contribution < 1.29 is 56.8 Å². The van der Waals surface area contributed by atoms with Crippen LogP contribution in [0.1, 0.15) is 33.4 Å². The molecular formula is C57H60O12. The lowest BCUT2D eigenvalue weighted by molar-refractivity contribution is 0.259. The molecule has 6 aliphatic rings. The molecule has 0 aliphatic carbocycles. The Morgan fingerprint density at radius 1 is 0.275 bits per heavy atom. The van der Waals surface area contributed by atoms with Gasteiger partial charge < -0.3 is 56.8 Å². The van der Waals surface area contributed by atoms with Crippen LogP contribution in [0.3, 0.4) is 0 Å². The number of hydrogen-bond acceptors (Lipinski definition) is 12. The highest BCUT2D eigenvalue weighted by Gasteiger charge is 2.27. The van der Waals surface area contributed by atoms with E-state index < -0.39 is 0 Å². The van der Waals surface area contributed by atoms with Gasteiger partial charge in [0.05, 0.1) is 39.6 Å². The molecule has 0 aromatic heterocycles. The van der Waals surface area contributed by atoms with Gasteiger partial charge in [0.2, 0.25) is 0 Å². The second kappa shape index (κ2) is 23.5. The molecule has 12 nitrogen and oxygen atoms in total. The number of hydrogen-bond donors (Lipinski definition) is 0. The molecule has 6 aromatic carbocycles. The van der Waals surface area contributed by atoms with Crippen LogP contribution in [0.5, 0.6) is 34.5 Å². The molecule has 0 radical (unpaired) electrons. The SMILES string of the molecule is c1cc(OCC2CO2)ccc1Cc1ccc(OCC2CO2)cc1.c1ccc(OCC2CO2)c(Cc2ccc(OCC3CO3)cc2)c1.c1ccc(OCC2CO2)c(Cc2ccccc2OCC2CO2)c1. The Morgan fingerprint density at radius 2 is 0.522 bits per heavy atom. The zero-order valence-electron chi connectivity index (χ0n) is 38.8. The van der Waals surface area contributed by atoms with Gasteiger partial charge in [0, 0.05) is 12.8 Å². The van der Waals surface area contributed by atoms with Gasteiger partial charge in [0.25, 0.3) is 0 Å². The number of benzene rings is 6. The molecule has 0 bridgehead atoms. The van der Waals surface area contributed by atoms with Crippen LogP contribution >= 0.6 is 0 Å². The van der Waals surface area contributed by atoms with Gasteiger partial charge in [0.15, 0.2) is 0 Å².